The molecule has 7 nitrogen and oxygen atoms in total. The van der Waals surface area contributed by atoms with Crippen LogP contribution in [0.3, 0.4) is 0 Å². The van der Waals surface area contributed by atoms with E-state index in [9.17, 15) is 14.4 Å². The standard InChI is InChI=1S/C15H22O7/c1-7-20-12(17)10(3)13(18)22-15(5,6)8-9(2)21-14(19)11(4)16/h9,16H,3-4,7-8H2,1-2,5-6H3. The lowest BCUT2D eigenvalue weighted by molar-refractivity contribution is -0.160. The Morgan fingerprint density at radius 1 is 1.14 bits per heavy atom. The number of aliphatic hydroxyl groups is 1. The maximum atomic E-state index is 11.8. The third-order valence-corrected chi connectivity index (χ3v) is 2.46. The summed E-state index contributed by atoms with van der Waals surface area (Å²) in [6.07, 6.45) is -0.497. The predicted octanol–water partition coefficient (Wildman–Crippen LogP) is 1.82. The molecule has 22 heavy (non-hydrogen) atoms. The van der Waals surface area contributed by atoms with E-state index < -0.39 is 40.9 Å². The zero-order valence-electron chi connectivity index (χ0n) is 13.3. The summed E-state index contributed by atoms with van der Waals surface area (Å²) in [6, 6.07) is 0. The molecule has 0 heterocycles. The molecule has 1 unspecified atom stereocenters. The summed E-state index contributed by atoms with van der Waals surface area (Å²) in [6.45, 7) is 12.8. The first-order chi connectivity index (χ1) is 10.00. The number of hydrogen-bond acceptors (Lipinski definition) is 7. The van der Waals surface area contributed by atoms with E-state index in [-0.39, 0.29) is 13.0 Å². The Labute approximate surface area is 129 Å². The topological polar surface area (TPSA) is 99.1 Å². The largest absolute Gasteiger partial charge is 0.502 e. The molecule has 0 aliphatic carbocycles. The lowest BCUT2D eigenvalue weighted by atomic mass is 10.0. The van der Waals surface area contributed by atoms with Crippen LogP contribution in [0.15, 0.2) is 24.5 Å². The van der Waals surface area contributed by atoms with Gasteiger partial charge in [-0.25, -0.2) is 14.4 Å². The summed E-state index contributed by atoms with van der Waals surface area (Å²) >= 11 is 0. The maximum absolute atomic E-state index is 11.8. The molecule has 0 aliphatic rings. The molecule has 1 atom stereocenters. The van der Waals surface area contributed by atoms with Crippen molar-refractivity contribution < 1.29 is 33.7 Å². The van der Waals surface area contributed by atoms with Gasteiger partial charge in [0.2, 0.25) is 0 Å². The van der Waals surface area contributed by atoms with Crippen molar-refractivity contribution in [2.45, 2.75) is 45.8 Å². The Balaban J connectivity index is 4.59. The normalized spacial score (nSPS) is 12.0. The molecule has 0 aromatic carbocycles. The molecule has 0 radical (unpaired) electrons. The van der Waals surface area contributed by atoms with Crippen molar-refractivity contribution in [2.75, 3.05) is 6.61 Å². The minimum absolute atomic E-state index is 0.118. The van der Waals surface area contributed by atoms with Gasteiger partial charge in [-0.05, 0) is 34.3 Å². The average Bonchev–Trinajstić information content (AvgIpc) is 2.36. The van der Waals surface area contributed by atoms with Crippen LogP contribution in [0.25, 0.3) is 0 Å². The lowest BCUT2D eigenvalue weighted by Gasteiger charge is -2.28. The average molecular weight is 314 g/mol. The fraction of sp³-hybridized carbons (Fsp3) is 0.533. The molecule has 0 aromatic heterocycles. The van der Waals surface area contributed by atoms with Gasteiger partial charge in [-0.15, -0.1) is 0 Å². The number of rotatable bonds is 8. The third kappa shape index (κ3) is 6.92. The highest BCUT2D eigenvalue weighted by Gasteiger charge is 2.30. The molecule has 7 heteroatoms. The minimum atomic E-state index is -1.02. The summed E-state index contributed by atoms with van der Waals surface area (Å²) in [5, 5.41) is 8.88. The quantitative estimate of drug-likeness (QED) is 0.182. The minimum Gasteiger partial charge on any atom is -0.502 e. The molecule has 0 saturated heterocycles. The molecule has 124 valence electrons. The zero-order valence-corrected chi connectivity index (χ0v) is 13.3. The van der Waals surface area contributed by atoms with Gasteiger partial charge < -0.3 is 19.3 Å². The van der Waals surface area contributed by atoms with Crippen LogP contribution in [-0.4, -0.2) is 41.3 Å². The number of carbonyl (C=O) groups excluding carboxylic acids is 3. The van der Waals surface area contributed by atoms with Crippen LogP contribution in [0.4, 0.5) is 0 Å². The Hall–Kier alpha value is -2.31. The van der Waals surface area contributed by atoms with E-state index in [4.69, 9.17) is 14.6 Å². The number of esters is 3. The fourth-order valence-corrected chi connectivity index (χ4v) is 1.64. The molecule has 0 aliphatic heterocycles. The molecule has 1 N–H and O–H groups in total. The van der Waals surface area contributed by atoms with Gasteiger partial charge in [0.05, 0.1) is 6.61 Å². The highest BCUT2D eigenvalue weighted by molar-refractivity contribution is 6.13. The first-order valence-corrected chi connectivity index (χ1v) is 6.68. The van der Waals surface area contributed by atoms with Gasteiger partial charge in [-0.2, -0.15) is 0 Å². The van der Waals surface area contributed by atoms with Crippen LogP contribution in [-0.2, 0) is 28.6 Å². The molecule has 0 amide bonds. The van der Waals surface area contributed by atoms with Crippen LogP contribution >= 0.6 is 0 Å². The molecule has 0 saturated carbocycles. The SMILES string of the molecule is C=C(O)C(=O)OC(C)CC(C)(C)OC(=O)C(=C)C(=O)OCC. The summed E-state index contributed by atoms with van der Waals surface area (Å²) in [4.78, 5) is 34.4. The second-order valence-corrected chi connectivity index (χ2v) is 5.21. The van der Waals surface area contributed by atoms with E-state index in [0.717, 1.165) is 0 Å². The van der Waals surface area contributed by atoms with Crippen molar-refractivity contribution >= 4 is 17.9 Å². The van der Waals surface area contributed by atoms with Crippen LogP contribution < -0.4 is 0 Å². The zero-order chi connectivity index (χ0) is 17.5. The number of aliphatic hydroxyl groups excluding tert-OH is 1. The molecule has 0 bridgehead atoms. The van der Waals surface area contributed by atoms with E-state index in [1.807, 2.05) is 0 Å². The second kappa shape index (κ2) is 8.21. The Morgan fingerprint density at radius 3 is 2.14 bits per heavy atom. The van der Waals surface area contributed by atoms with Crippen LogP contribution in [0.2, 0.25) is 0 Å². The van der Waals surface area contributed by atoms with Crippen molar-refractivity contribution in [3.8, 4) is 0 Å². The van der Waals surface area contributed by atoms with Crippen molar-refractivity contribution in [3.63, 3.8) is 0 Å². The smallest absolute Gasteiger partial charge is 0.372 e. The third-order valence-electron chi connectivity index (χ3n) is 2.46. The molecular weight excluding hydrogens is 292 g/mol. The van der Waals surface area contributed by atoms with Crippen molar-refractivity contribution in [3.05, 3.63) is 24.5 Å². The van der Waals surface area contributed by atoms with Gasteiger partial charge in [-0.3, -0.25) is 0 Å². The first kappa shape index (κ1) is 19.7. The molecule has 0 spiro atoms. The molecule has 0 fully saturated rings. The number of hydrogen-bond donors (Lipinski definition) is 1. The lowest BCUT2D eigenvalue weighted by Crippen LogP contribution is -2.35. The van der Waals surface area contributed by atoms with Crippen LogP contribution in [0, 0.1) is 0 Å². The summed E-state index contributed by atoms with van der Waals surface area (Å²) in [5.41, 5.74) is -1.44. The van der Waals surface area contributed by atoms with Crippen LogP contribution in [0.1, 0.15) is 34.1 Å². The monoisotopic (exact) mass is 314 g/mol. The summed E-state index contributed by atoms with van der Waals surface area (Å²) in [7, 11) is 0. The molecule has 0 rings (SSSR count). The van der Waals surface area contributed by atoms with Crippen molar-refractivity contribution in [1.29, 1.82) is 0 Å². The molecular formula is C15H22O7. The van der Waals surface area contributed by atoms with Gasteiger partial charge in [0.25, 0.3) is 0 Å². The fourth-order valence-electron chi connectivity index (χ4n) is 1.64. The van der Waals surface area contributed by atoms with Gasteiger partial charge in [0, 0.05) is 6.42 Å². The molecule has 0 aromatic rings. The summed E-state index contributed by atoms with van der Waals surface area (Å²) < 4.78 is 14.7. The van der Waals surface area contributed by atoms with E-state index >= 15 is 0 Å². The van der Waals surface area contributed by atoms with Crippen LogP contribution in [0.5, 0.6) is 0 Å². The van der Waals surface area contributed by atoms with Crippen molar-refractivity contribution in [2.24, 2.45) is 0 Å². The summed E-state index contributed by atoms with van der Waals surface area (Å²) in [5.74, 6) is -3.42. The van der Waals surface area contributed by atoms with Gasteiger partial charge in [-0.1, -0.05) is 6.58 Å². The van der Waals surface area contributed by atoms with E-state index in [1.165, 1.54) is 0 Å². The number of ether oxygens (including phenoxy) is 3. The highest BCUT2D eigenvalue weighted by atomic mass is 16.6. The van der Waals surface area contributed by atoms with E-state index in [0.29, 0.717) is 0 Å². The van der Waals surface area contributed by atoms with E-state index in [2.05, 4.69) is 17.9 Å². The van der Waals surface area contributed by atoms with Gasteiger partial charge in [0.1, 0.15) is 17.3 Å². The highest BCUT2D eigenvalue weighted by Crippen LogP contribution is 2.20. The van der Waals surface area contributed by atoms with Gasteiger partial charge >= 0.3 is 17.9 Å². The number of carbonyl (C=O) groups is 3. The Kier molecular flexibility index (Phi) is 7.35. The van der Waals surface area contributed by atoms with Crippen molar-refractivity contribution in [1.82, 2.24) is 0 Å². The maximum Gasteiger partial charge on any atom is 0.372 e. The predicted molar refractivity (Wildman–Crippen MR) is 77.9 cm³/mol. The Morgan fingerprint density at radius 2 is 1.68 bits per heavy atom. The second-order valence-electron chi connectivity index (χ2n) is 5.21. The van der Waals surface area contributed by atoms with Gasteiger partial charge in [0.15, 0.2) is 5.76 Å². The first-order valence-electron chi connectivity index (χ1n) is 6.68. The Bertz CT molecular complexity index is 476. The van der Waals surface area contributed by atoms with E-state index in [1.54, 1.807) is 27.7 Å².